The Morgan fingerprint density at radius 3 is 2.62 bits per heavy atom. The summed E-state index contributed by atoms with van der Waals surface area (Å²) >= 11 is 2.07. The molecule has 3 unspecified atom stereocenters. The van der Waals surface area contributed by atoms with E-state index in [1.807, 2.05) is 6.07 Å². The average Bonchev–Trinajstić information content (AvgIpc) is 3.65. The molecule has 11 heteroatoms. The Labute approximate surface area is 276 Å². The highest BCUT2D eigenvalue weighted by Crippen LogP contribution is 2.50. The molecule has 0 saturated heterocycles. The Morgan fingerprint density at radius 2 is 1.96 bits per heavy atom. The third-order valence-corrected chi connectivity index (χ3v) is 10.3. The Bertz CT molecular complexity index is 1400. The van der Waals surface area contributed by atoms with Crippen molar-refractivity contribution < 1.29 is 38.8 Å². The van der Waals surface area contributed by atoms with Crippen LogP contribution in [0.3, 0.4) is 0 Å². The SMILES string of the molecule is COc1cc(CO)cc(I)c1O[C@H]1C=C(C(=O)NCCO)C[C@@H](N(CCc2cccc(F)c2)C(=O)CC2CC3CCC2C3)[C@@H]1O. The summed E-state index contributed by atoms with van der Waals surface area (Å²) in [7, 11) is 1.48. The van der Waals surface area contributed by atoms with Crippen LogP contribution < -0.4 is 14.8 Å². The maximum absolute atomic E-state index is 14.1. The van der Waals surface area contributed by atoms with Crippen LogP contribution >= 0.6 is 22.6 Å². The van der Waals surface area contributed by atoms with Gasteiger partial charge < -0.3 is 35.0 Å². The molecule has 0 aliphatic heterocycles. The van der Waals surface area contributed by atoms with Crippen molar-refractivity contribution in [2.45, 2.75) is 69.8 Å². The number of benzene rings is 2. The van der Waals surface area contributed by atoms with Crippen LogP contribution in [-0.2, 0) is 22.6 Å². The van der Waals surface area contributed by atoms with Crippen molar-refractivity contribution in [3.8, 4) is 11.5 Å². The predicted octanol–water partition coefficient (Wildman–Crippen LogP) is 3.74. The normalized spacial score (nSPS) is 25.5. The summed E-state index contributed by atoms with van der Waals surface area (Å²) in [4.78, 5) is 29.0. The molecule has 4 N–H and O–H groups in total. The van der Waals surface area contributed by atoms with Gasteiger partial charge in [0.05, 0.1) is 29.9 Å². The first kappa shape index (κ1) is 33.6. The fraction of sp³-hybridized carbons (Fsp3) is 0.529. The summed E-state index contributed by atoms with van der Waals surface area (Å²) in [5.74, 6) is 1.32. The molecular formula is C34H42FIN2O7. The van der Waals surface area contributed by atoms with E-state index < -0.39 is 24.2 Å². The highest BCUT2D eigenvalue weighted by molar-refractivity contribution is 14.1. The lowest BCUT2D eigenvalue weighted by atomic mass is 9.84. The quantitative estimate of drug-likeness (QED) is 0.231. The van der Waals surface area contributed by atoms with E-state index in [2.05, 4.69) is 27.9 Å². The van der Waals surface area contributed by atoms with Crippen LogP contribution in [0.1, 0.15) is 49.7 Å². The standard InChI is InChI=1S/C34H42FIN2O7/c1-44-30-15-22(19-40)14-27(36)33(30)45-29-17-25(34(43)37-8-10-39)16-28(32(29)42)38(9-7-20-3-2-4-26(35)13-20)31(41)18-24-12-21-5-6-23(24)11-21/h2-4,13-15,17,21,23-24,28-29,32,39-40,42H,5-12,16,18-19H2,1H3,(H,37,43)/t21?,23?,24?,28-,29+,32+/m1/s1. The molecule has 2 aromatic carbocycles. The summed E-state index contributed by atoms with van der Waals surface area (Å²) in [5.41, 5.74) is 1.68. The largest absolute Gasteiger partial charge is 0.493 e. The van der Waals surface area contributed by atoms with Crippen molar-refractivity contribution >= 4 is 34.4 Å². The van der Waals surface area contributed by atoms with Crippen LogP contribution in [0.5, 0.6) is 11.5 Å². The van der Waals surface area contributed by atoms with Crippen LogP contribution in [0.2, 0.25) is 0 Å². The van der Waals surface area contributed by atoms with Crippen LogP contribution in [0.15, 0.2) is 48.0 Å². The van der Waals surface area contributed by atoms with Crippen molar-refractivity contribution in [2.24, 2.45) is 17.8 Å². The van der Waals surface area contributed by atoms with E-state index in [4.69, 9.17) is 9.47 Å². The summed E-state index contributed by atoms with van der Waals surface area (Å²) in [6.45, 7) is -0.148. The first-order valence-corrected chi connectivity index (χ1v) is 16.7. The summed E-state index contributed by atoms with van der Waals surface area (Å²) < 4.78 is 26.6. The van der Waals surface area contributed by atoms with Crippen LogP contribution in [0.25, 0.3) is 0 Å². The van der Waals surface area contributed by atoms with Gasteiger partial charge in [-0.1, -0.05) is 18.6 Å². The Hall–Kier alpha value is -2.74. The number of hydrogen-bond donors (Lipinski definition) is 4. The number of aliphatic hydroxyl groups excluding tert-OH is 3. The predicted molar refractivity (Wildman–Crippen MR) is 174 cm³/mol. The van der Waals surface area contributed by atoms with E-state index in [1.165, 1.54) is 25.7 Å². The number of aliphatic hydroxyl groups is 3. The fourth-order valence-corrected chi connectivity index (χ4v) is 8.07. The molecular weight excluding hydrogens is 694 g/mol. The Kier molecular flexibility index (Phi) is 11.4. The van der Waals surface area contributed by atoms with Crippen molar-refractivity contribution in [2.75, 3.05) is 26.8 Å². The smallest absolute Gasteiger partial charge is 0.247 e. The number of methoxy groups -OCH3 is 1. The summed E-state index contributed by atoms with van der Waals surface area (Å²) in [6, 6.07) is 8.85. The van der Waals surface area contributed by atoms with Gasteiger partial charge >= 0.3 is 0 Å². The molecule has 0 heterocycles. The van der Waals surface area contributed by atoms with Crippen molar-refractivity contribution in [1.29, 1.82) is 0 Å². The van der Waals surface area contributed by atoms with E-state index in [0.29, 0.717) is 56.8 Å². The third kappa shape index (κ3) is 7.98. The number of nitrogens with one attached hydrogen (secondary N) is 1. The minimum absolute atomic E-state index is 0.0513. The minimum atomic E-state index is -1.20. The first-order valence-electron chi connectivity index (χ1n) is 15.7. The molecule has 0 spiro atoms. The van der Waals surface area contributed by atoms with Gasteiger partial charge in [-0.25, -0.2) is 4.39 Å². The molecule has 2 fully saturated rings. The van der Waals surface area contributed by atoms with Gasteiger partial charge in [-0.2, -0.15) is 0 Å². The first-order chi connectivity index (χ1) is 21.7. The minimum Gasteiger partial charge on any atom is -0.493 e. The van der Waals surface area contributed by atoms with E-state index in [-0.39, 0.29) is 44.4 Å². The van der Waals surface area contributed by atoms with Gasteiger partial charge in [-0.3, -0.25) is 9.59 Å². The van der Waals surface area contributed by atoms with Crippen LogP contribution in [0, 0.1) is 27.1 Å². The summed E-state index contributed by atoms with van der Waals surface area (Å²) in [5, 5.41) is 33.5. The molecule has 3 aliphatic rings. The molecule has 3 aliphatic carbocycles. The van der Waals surface area contributed by atoms with Gasteiger partial charge in [0.1, 0.15) is 18.0 Å². The van der Waals surface area contributed by atoms with Gasteiger partial charge in [-0.15, -0.1) is 0 Å². The lowest BCUT2D eigenvalue weighted by Crippen LogP contribution is -2.55. The number of fused-ring (bicyclic) bond motifs is 2. The van der Waals surface area contributed by atoms with Gasteiger partial charge in [0.15, 0.2) is 11.5 Å². The number of carbonyl (C=O) groups is 2. The molecule has 244 valence electrons. The summed E-state index contributed by atoms with van der Waals surface area (Å²) in [6.07, 6.45) is 4.72. The van der Waals surface area contributed by atoms with E-state index in [9.17, 15) is 29.3 Å². The molecule has 2 bridgehead atoms. The van der Waals surface area contributed by atoms with Crippen molar-refractivity contribution in [1.82, 2.24) is 10.2 Å². The number of amides is 2. The topological polar surface area (TPSA) is 129 Å². The number of ether oxygens (including phenoxy) is 2. The van der Waals surface area contributed by atoms with E-state index in [0.717, 1.165) is 24.8 Å². The lowest BCUT2D eigenvalue weighted by Gasteiger charge is -2.41. The van der Waals surface area contributed by atoms with Gasteiger partial charge in [-0.05, 0) is 107 Å². The molecule has 0 aromatic heterocycles. The second-order valence-corrected chi connectivity index (χ2v) is 13.6. The molecule has 2 amide bonds. The van der Waals surface area contributed by atoms with Crippen LogP contribution in [0.4, 0.5) is 4.39 Å². The van der Waals surface area contributed by atoms with Crippen molar-refractivity contribution in [3.63, 3.8) is 0 Å². The zero-order valence-corrected chi connectivity index (χ0v) is 27.6. The maximum atomic E-state index is 14.1. The molecule has 45 heavy (non-hydrogen) atoms. The molecule has 2 aromatic rings. The second kappa shape index (κ2) is 15.2. The third-order valence-electron chi connectivity index (χ3n) is 9.51. The molecule has 5 rings (SSSR count). The van der Waals surface area contributed by atoms with Gasteiger partial charge in [0, 0.05) is 31.5 Å². The monoisotopic (exact) mass is 736 g/mol. The average molecular weight is 737 g/mol. The van der Waals surface area contributed by atoms with E-state index >= 15 is 0 Å². The molecule has 9 nitrogen and oxygen atoms in total. The lowest BCUT2D eigenvalue weighted by molar-refractivity contribution is -0.140. The van der Waals surface area contributed by atoms with E-state index in [1.54, 1.807) is 29.2 Å². The Morgan fingerprint density at radius 1 is 1.13 bits per heavy atom. The van der Waals surface area contributed by atoms with Crippen molar-refractivity contribution in [3.05, 3.63) is 68.6 Å². The Balaban J connectivity index is 1.46. The zero-order valence-electron chi connectivity index (χ0n) is 25.5. The fourth-order valence-electron chi connectivity index (χ4n) is 7.28. The highest BCUT2D eigenvalue weighted by Gasteiger charge is 2.44. The molecule has 6 atom stereocenters. The number of hydrogen-bond acceptors (Lipinski definition) is 7. The molecule has 2 saturated carbocycles. The number of carbonyl (C=O) groups excluding carboxylic acids is 2. The number of halogens is 2. The van der Waals surface area contributed by atoms with Gasteiger partial charge in [0.25, 0.3) is 0 Å². The molecule has 0 radical (unpaired) electrons. The second-order valence-electron chi connectivity index (χ2n) is 12.4. The maximum Gasteiger partial charge on any atom is 0.247 e. The number of rotatable bonds is 13. The van der Waals surface area contributed by atoms with Crippen LogP contribution in [-0.4, -0.2) is 77.1 Å². The highest BCUT2D eigenvalue weighted by atomic mass is 127. The van der Waals surface area contributed by atoms with Gasteiger partial charge in [0.2, 0.25) is 11.8 Å². The zero-order chi connectivity index (χ0) is 32.1. The number of nitrogens with zero attached hydrogens (tertiary/aromatic N) is 1.